The van der Waals surface area contributed by atoms with Crippen LogP contribution in [0.1, 0.15) is 55.7 Å². The third kappa shape index (κ3) is 3.93. The molecule has 1 N–H and O–H groups in total. The summed E-state index contributed by atoms with van der Waals surface area (Å²) in [6.07, 6.45) is 4.20. The Hall–Kier alpha value is -3.35. The molecule has 1 aromatic heterocycles. The number of imidazole rings is 1. The molecule has 7 nitrogen and oxygen atoms in total. The Labute approximate surface area is 200 Å². The van der Waals surface area contributed by atoms with E-state index in [0.717, 1.165) is 48.0 Å². The first kappa shape index (κ1) is 22.4. The Balaban J connectivity index is 1.51. The molecule has 2 aromatic carbocycles. The molecule has 178 valence electrons. The lowest BCUT2D eigenvalue weighted by molar-refractivity contribution is -0.134. The van der Waals surface area contributed by atoms with E-state index in [1.54, 1.807) is 12.0 Å². The van der Waals surface area contributed by atoms with Crippen molar-refractivity contribution >= 4 is 22.8 Å². The van der Waals surface area contributed by atoms with Crippen molar-refractivity contribution < 1.29 is 14.3 Å². The SMILES string of the molecule is COc1ccc(CN2C(=O)c3nc4ccccc4n3C[C@@]2(C)C(=O)NC2CCC(C)CC2)cc1. The van der Waals surface area contributed by atoms with Crippen LogP contribution in [-0.2, 0) is 17.9 Å². The predicted octanol–water partition coefficient (Wildman–Crippen LogP) is 4.15. The number of rotatable bonds is 5. The van der Waals surface area contributed by atoms with Gasteiger partial charge < -0.3 is 19.5 Å². The Morgan fingerprint density at radius 1 is 1.12 bits per heavy atom. The summed E-state index contributed by atoms with van der Waals surface area (Å²) in [6, 6.07) is 15.5. The quantitative estimate of drug-likeness (QED) is 0.621. The second-order valence-corrected chi connectivity index (χ2v) is 9.95. The van der Waals surface area contributed by atoms with Crippen LogP contribution in [0.4, 0.5) is 0 Å². The molecule has 5 rings (SSSR count). The molecule has 0 radical (unpaired) electrons. The lowest BCUT2D eigenvalue weighted by Crippen LogP contribution is -2.64. The predicted molar refractivity (Wildman–Crippen MR) is 131 cm³/mol. The number of carbonyl (C=O) groups is 2. The summed E-state index contributed by atoms with van der Waals surface area (Å²) >= 11 is 0. The van der Waals surface area contributed by atoms with Crippen molar-refractivity contribution in [1.29, 1.82) is 0 Å². The Morgan fingerprint density at radius 2 is 1.82 bits per heavy atom. The van der Waals surface area contributed by atoms with Crippen molar-refractivity contribution in [2.45, 2.75) is 64.2 Å². The highest BCUT2D eigenvalue weighted by Gasteiger charge is 2.48. The molecule has 0 spiro atoms. The number of fused-ring (bicyclic) bond motifs is 3. The summed E-state index contributed by atoms with van der Waals surface area (Å²) in [5.41, 5.74) is 1.53. The number of benzene rings is 2. The molecule has 34 heavy (non-hydrogen) atoms. The Kier molecular flexibility index (Phi) is 5.80. The first-order valence-electron chi connectivity index (χ1n) is 12.1. The molecule has 2 amide bonds. The van der Waals surface area contributed by atoms with Gasteiger partial charge in [-0.2, -0.15) is 0 Å². The zero-order valence-electron chi connectivity index (χ0n) is 20.1. The van der Waals surface area contributed by atoms with Crippen LogP contribution in [-0.4, -0.2) is 45.0 Å². The van der Waals surface area contributed by atoms with E-state index in [4.69, 9.17) is 4.74 Å². The van der Waals surface area contributed by atoms with Gasteiger partial charge in [0.05, 0.1) is 24.7 Å². The van der Waals surface area contributed by atoms with Crippen LogP contribution < -0.4 is 10.1 Å². The average molecular weight is 461 g/mol. The third-order valence-electron chi connectivity index (χ3n) is 7.49. The fourth-order valence-electron chi connectivity index (χ4n) is 5.24. The fourth-order valence-corrected chi connectivity index (χ4v) is 5.24. The minimum atomic E-state index is -1.05. The number of nitrogens with one attached hydrogen (secondary N) is 1. The van der Waals surface area contributed by atoms with Crippen LogP contribution in [0.2, 0.25) is 0 Å². The molecule has 1 atom stereocenters. The van der Waals surface area contributed by atoms with Gasteiger partial charge in [-0.05, 0) is 68.4 Å². The van der Waals surface area contributed by atoms with Gasteiger partial charge >= 0.3 is 0 Å². The van der Waals surface area contributed by atoms with Crippen LogP contribution in [0.25, 0.3) is 11.0 Å². The first-order valence-corrected chi connectivity index (χ1v) is 12.1. The van der Waals surface area contributed by atoms with E-state index in [-0.39, 0.29) is 17.9 Å². The van der Waals surface area contributed by atoms with Crippen LogP contribution in [0, 0.1) is 5.92 Å². The number of carbonyl (C=O) groups excluding carboxylic acids is 2. The number of ether oxygens (including phenoxy) is 1. The molecule has 2 heterocycles. The standard InChI is InChI=1S/C27H32N4O3/c1-18-8-12-20(13-9-18)28-26(33)27(2)17-30-23-7-5-4-6-22(23)29-24(30)25(32)31(27)16-19-10-14-21(34-3)15-11-19/h4-7,10-11,14-15,18,20H,8-9,12-13,16-17H2,1-3H3,(H,28,33)/t18?,20?,27-/m0/s1. The average Bonchev–Trinajstić information content (AvgIpc) is 3.22. The number of hydrogen-bond donors (Lipinski definition) is 1. The Bertz CT molecular complexity index is 1210. The number of nitrogens with zero attached hydrogens (tertiary/aromatic N) is 3. The summed E-state index contributed by atoms with van der Waals surface area (Å²) in [6.45, 7) is 4.83. The summed E-state index contributed by atoms with van der Waals surface area (Å²) in [7, 11) is 1.63. The van der Waals surface area contributed by atoms with Gasteiger partial charge in [0.25, 0.3) is 5.91 Å². The molecule has 7 heteroatoms. The van der Waals surface area contributed by atoms with E-state index in [0.29, 0.717) is 24.8 Å². The molecule has 1 aliphatic carbocycles. The topological polar surface area (TPSA) is 76.5 Å². The second-order valence-electron chi connectivity index (χ2n) is 9.95. The maximum atomic E-state index is 13.8. The van der Waals surface area contributed by atoms with E-state index in [9.17, 15) is 9.59 Å². The molecule has 3 aromatic rings. The van der Waals surface area contributed by atoms with Crippen molar-refractivity contribution in [2.75, 3.05) is 7.11 Å². The maximum absolute atomic E-state index is 13.8. The minimum Gasteiger partial charge on any atom is -0.497 e. The number of hydrogen-bond acceptors (Lipinski definition) is 4. The maximum Gasteiger partial charge on any atom is 0.291 e. The fraction of sp³-hybridized carbons (Fsp3) is 0.444. The lowest BCUT2D eigenvalue weighted by atomic mass is 9.86. The van der Waals surface area contributed by atoms with Crippen LogP contribution in [0.3, 0.4) is 0 Å². The monoisotopic (exact) mass is 460 g/mol. The van der Waals surface area contributed by atoms with Gasteiger partial charge in [-0.3, -0.25) is 9.59 Å². The molecule has 1 fully saturated rings. The first-order chi connectivity index (χ1) is 16.4. The molecule has 1 aliphatic heterocycles. The van der Waals surface area contributed by atoms with Gasteiger partial charge in [-0.1, -0.05) is 31.2 Å². The van der Waals surface area contributed by atoms with Gasteiger partial charge in [0.15, 0.2) is 5.82 Å². The summed E-state index contributed by atoms with van der Waals surface area (Å²) in [5, 5.41) is 3.29. The van der Waals surface area contributed by atoms with Gasteiger partial charge in [-0.25, -0.2) is 4.98 Å². The van der Waals surface area contributed by atoms with Crippen molar-refractivity contribution in [1.82, 2.24) is 19.8 Å². The zero-order chi connectivity index (χ0) is 23.9. The molecule has 1 saturated carbocycles. The van der Waals surface area contributed by atoms with Crippen molar-refractivity contribution in [3.63, 3.8) is 0 Å². The van der Waals surface area contributed by atoms with Gasteiger partial charge in [-0.15, -0.1) is 0 Å². The largest absolute Gasteiger partial charge is 0.497 e. The molecular formula is C27H32N4O3. The van der Waals surface area contributed by atoms with Crippen LogP contribution >= 0.6 is 0 Å². The second kappa shape index (κ2) is 8.78. The highest BCUT2D eigenvalue weighted by atomic mass is 16.5. The highest BCUT2D eigenvalue weighted by Crippen LogP contribution is 2.33. The van der Waals surface area contributed by atoms with E-state index in [1.165, 1.54) is 0 Å². The minimum absolute atomic E-state index is 0.0997. The Morgan fingerprint density at radius 3 is 2.53 bits per heavy atom. The molecule has 0 unspecified atom stereocenters. The van der Waals surface area contributed by atoms with E-state index < -0.39 is 5.54 Å². The van der Waals surface area contributed by atoms with Crippen molar-refractivity contribution in [3.8, 4) is 5.75 Å². The number of methoxy groups -OCH3 is 1. The van der Waals surface area contributed by atoms with Crippen LogP contribution in [0.5, 0.6) is 5.75 Å². The third-order valence-corrected chi connectivity index (χ3v) is 7.49. The van der Waals surface area contributed by atoms with Gasteiger partial charge in [0.2, 0.25) is 5.91 Å². The number of amides is 2. The summed E-state index contributed by atoms with van der Waals surface area (Å²) < 4.78 is 7.18. The van der Waals surface area contributed by atoms with Crippen molar-refractivity contribution in [3.05, 3.63) is 59.9 Å². The number of aromatic nitrogens is 2. The normalized spacial score (nSPS) is 24.7. The van der Waals surface area contributed by atoms with E-state index >= 15 is 0 Å². The molecule has 2 aliphatic rings. The molecule has 0 bridgehead atoms. The molecular weight excluding hydrogens is 428 g/mol. The van der Waals surface area contributed by atoms with E-state index in [1.807, 2.05) is 60.0 Å². The number of para-hydroxylation sites is 2. The van der Waals surface area contributed by atoms with Gasteiger partial charge in [0, 0.05) is 12.6 Å². The lowest BCUT2D eigenvalue weighted by Gasteiger charge is -2.44. The van der Waals surface area contributed by atoms with Crippen molar-refractivity contribution in [2.24, 2.45) is 5.92 Å². The summed E-state index contributed by atoms with van der Waals surface area (Å²) in [5.74, 6) is 1.51. The van der Waals surface area contributed by atoms with Crippen LogP contribution in [0.15, 0.2) is 48.5 Å². The molecule has 0 saturated heterocycles. The summed E-state index contributed by atoms with van der Waals surface area (Å²) in [4.78, 5) is 33.9. The van der Waals surface area contributed by atoms with Gasteiger partial charge in [0.1, 0.15) is 11.3 Å². The zero-order valence-corrected chi connectivity index (χ0v) is 20.1. The van der Waals surface area contributed by atoms with E-state index in [2.05, 4.69) is 17.2 Å². The highest BCUT2D eigenvalue weighted by molar-refractivity contribution is 6.01. The smallest absolute Gasteiger partial charge is 0.291 e.